The minimum absolute atomic E-state index is 0.115. The number of benzene rings is 1. The van der Waals surface area contributed by atoms with Gasteiger partial charge in [0.1, 0.15) is 11.3 Å². The largest absolute Gasteiger partial charge is 0.482 e. The maximum Gasteiger partial charge on any atom is 0.339 e. The van der Waals surface area contributed by atoms with E-state index in [1.165, 1.54) is 0 Å². The molecule has 166 valence electrons. The van der Waals surface area contributed by atoms with Crippen LogP contribution in [0.3, 0.4) is 0 Å². The van der Waals surface area contributed by atoms with Crippen LogP contribution in [0.25, 0.3) is 11.0 Å². The molecule has 2 atom stereocenters. The van der Waals surface area contributed by atoms with Crippen LogP contribution >= 0.6 is 11.6 Å². The first kappa shape index (κ1) is 20.8. The summed E-state index contributed by atoms with van der Waals surface area (Å²) in [5, 5.41) is 12.1. The number of carbonyl (C=O) groups is 1. The van der Waals surface area contributed by atoms with Gasteiger partial charge in [-0.2, -0.15) is 0 Å². The molecule has 1 aromatic heterocycles. The third-order valence-corrected chi connectivity index (χ3v) is 7.70. The first-order valence-corrected chi connectivity index (χ1v) is 11.7. The van der Waals surface area contributed by atoms with Gasteiger partial charge in [0, 0.05) is 36.0 Å². The van der Waals surface area contributed by atoms with E-state index >= 15 is 0 Å². The number of ether oxygens (including phenoxy) is 1. The van der Waals surface area contributed by atoms with Crippen LogP contribution in [0.5, 0.6) is 5.75 Å². The number of amides is 1. The van der Waals surface area contributed by atoms with Crippen molar-refractivity contribution in [2.45, 2.75) is 63.4 Å². The Morgan fingerprint density at radius 2 is 2.00 bits per heavy atom. The van der Waals surface area contributed by atoms with Gasteiger partial charge in [0.2, 0.25) is 0 Å². The van der Waals surface area contributed by atoms with Crippen molar-refractivity contribution in [3.8, 4) is 5.75 Å². The topological polar surface area (TPSA) is 80.0 Å². The van der Waals surface area contributed by atoms with E-state index in [1.807, 2.05) is 0 Å². The Hall–Kier alpha value is -2.05. The van der Waals surface area contributed by atoms with Gasteiger partial charge in [-0.05, 0) is 56.6 Å². The van der Waals surface area contributed by atoms with E-state index in [0.29, 0.717) is 35.9 Å². The van der Waals surface area contributed by atoms with Gasteiger partial charge in [0.05, 0.1) is 10.6 Å². The fourth-order valence-electron chi connectivity index (χ4n) is 5.58. The van der Waals surface area contributed by atoms with E-state index in [0.717, 1.165) is 67.9 Å². The first-order chi connectivity index (χ1) is 14.9. The molecule has 2 heterocycles. The number of aliphatic hydroxyl groups is 1. The van der Waals surface area contributed by atoms with Crippen molar-refractivity contribution >= 4 is 28.5 Å². The van der Waals surface area contributed by atoms with Crippen LogP contribution in [-0.4, -0.2) is 41.2 Å². The van der Waals surface area contributed by atoms with Crippen LogP contribution in [0.2, 0.25) is 5.02 Å². The summed E-state index contributed by atoms with van der Waals surface area (Å²) in [5.41, 5.74) is 1.32. The Kier molecular flexibility index (Phi) is 5.47. The SMILES string of the molecule is O=C(COc1cc2oc(=O)c3c(c2cc1Cl)CCCC3)N1CC[C@]2(O)CCCC[C@@H]2C1. The molecule has 0 bridgehead atoms. The number of hydrogen-bond acceptors (Lipinski definition) is 5. The highest BCUT2D eigenvalue weighted by atomic mass is 35.5. The molecule has 1 saturated heterocycles. The molecule has 3 aliphatic rings. The second-order valence-corrected chi connectivity index (χ2v) is 9.66. The van der Waals surface area contributed by atoms with Crippen molar-refractivity contribution in [2.75, 3.05) is 19.7 Å². The van der Waals surface area contributed by atoms with Crippen LogP contribution in [0.4, 0.5) is 0 Å². The normalized spacial score (nSPS) is 25.7. The zero-order valence-corrected chi connectivity index (χ0v) is 18.4. The Morgan fingerprint density at radius 3 is 2.84 bits per heavy atom. The number of nitrogens with zero attached hydrogens (tertiary/aromatic N) is 1. The van der Waals surface area contributed by atoms with Crippen LogP contribution in [0, 0.1) is 5.92 Å². The Balaban J connectivity index is 1.31. The molecular weight excluding hydrogens is 418 g/mol. The predicted octanol–water partition coefficient (Wildman–Crippen LogP) is 3.86. The highest BCUT2D eigenvalue weighted by Crippen LogP contribution is 2.40. The molecule has 0 spiro atoms. The molecule has 6 nitrogen and oxygen atoms in total. The van der Waals surface area contributed by atoms with Gasteiger partial charge in [-0.1, -0.05) is 24.4 Å². The minimum atomic E-state index is -0.617. The Morgan fingerprint density at radius 1 is 1.19 bits per heavy atom. The van der Waals surface area contributed by atoms with Crippen LogP contribution < -0.4 is 10.4 Å². The molecular formula is C24H28ClNO5. The average molecular weight is 446 g/mol. The van der Waals surface area contributed by atoms with Crippen molar-refractivity contribution in [1.29, 1.82) is 0 Å². The molecule has 2 aliphatic carbocycles. The number of halogens is 1. The average Bonchev–Trinajstić information content (AvgIpc) is 2.77. The van der Waals surface area contributed by atoms with Crippen molar-refractivity contribution in [3.05, 3.63) is 38.7 Å². The molecule has 5 rings (SSSR count). The summed E-state index contributed by atoms with van der Waals surface area (Å²) < 4.78 is 11.3. The lowest BCUT2D eigenvalue weighted by Crippen LogP contribution is -2.55. The number of fused-ring (bicyclic) bond motifs is 4. The summed E-state index contributed by atoms with van der Waals surface area (Å²) in [5.74, 6) is 0.368. The molecule has 31 heavy (non-hydrogen) atoms. The van der Waals surface area contributed by atoms with Crippen molar-refractivity contribution in [1.82, 2.24) is 4.90 Å². The van der Waals surface area contributed by atoms with Gasteiger partial charge < -0.3 is 19.2 Å². The molecule has 1 aromatic carbocycles. The fraction of sp³-hybridized carbons (Fsp3) is 0.583. The van der Waals surface area contributed by atoms with E-state index in [4.69, 9.17) is 20.8 Å². The molecule has 1 saturated carbocycles. The third-order valence-electron chi connectivity index (χ3n) is 7.41. The quantitative estimate of drug-likeness (QED) is 0.725. The summed E-state index contributed by atoms with van der Waals surface area (Å²) in [7, 11) is 0. The number of aryl methyl sites for hydroxylation is 1. The zero-order valence-electron chi connectivity index (χ0n) is 17.6. The molecule has 7 heteroatoms. The molecule has 1 N–H and O–H groups in total. The molecule has 1 aliphatic heterocycles. The fourth-order valence-corrected chi connectivity index (χ4v) is 5.80. The highest BCUT2D eigenvalue weighted by molar-refractivity contribution is 6.32. The van der Waals surface area contributed by atoms with Gasteiger partial charge in [-0.15, -0.1) is 0 Å². The zero-order chi connectivity index (χ0) is 21.6. The molecule has 2 fully saturated rings. The first-order valence-electron chi connectivity index (χ1n) is 11.4. The second kappa shape index (κ2) is 8.14. The van der Waals surface area contributed by atoms with Gasteiger partial charge in [-0.3, -0.25) is 4.79 Å². The maximum absolute atomic E-state index is 12.8. The number of rotatable bonds is 3. The molecule has 0 unspecified atom stereocenters. The number of hydrogen-bond donors (Lipinski definition) is 1. The van der Waals surface area contributed by atoms with Crippen LogP contribution in [0.1, 0.15) is 56.1 Å². The van der Waals surface area contributed by atoms with Crippen LogP contribution in [0.15, 0.2) is 21.3 Å². The van der Waals surface area contributed by atoms with E-state index in [1.54, 1.807) is 17.0 Å². The number of piperidine rings is 1. The lowest BCUT2D eigenvalue weighted by molar-refractivity contribution is -0.145. The van der Waals surface area contributed by atoms with Gasteiger partial charge >= 0.3 is 5.63 Å². The number of likely N-dealkylation sites (tertiary alicyclic amines) is 1. The maximum atomic E-state index is 12.8. The van der Waals surface area contributed by atoms with Crippen molar-refractivity contribution < 1.29 is 19.1 Å². The summed E-state index contributed by atoms with van der Waals surface area (Å²) >= 11 is 6.46. The smallest absolute Gasteiger partial charge is 0.339 e. The van der Waals surface area contributed by atoms with E-state index < -0.39 is 5.60 Å². The van der Waals surface area contributed by atoms with Gasteiger partial charge in [0.25, 0.3) is 5.91 Å². The molecule has 2 aromatic rings. The number of carbonyl (C=O) groups excluding carboxylic acids is 1. The van der Waals surface area contributed by atoms with Crippen molar-refractivity contribution in [2.24, 2.45) is 5.92 Å². The van der Waals surface area contributed by atoms with E-state index in [-0.39, 0.29) is 24.1 Å². The molecule has 0 radical (unpaired) electrons. The lowest BCUT2D eigenvalue weighted by atomic mass is 9.71. The summed E-state index contributed by atoms with van der Waals surface area (Å²) in [4.78, 5) is 26.9. The highest BCUT2D eigenvalue weighted by Gasteiger charge is 2.43. The molecule has 1 amide bonds. The van der Waals surface area contributed by atoms with E-state index in [2.05, 4.69) is 0 Å². The van der Waals surface area contributed by atoms with Crippen molar-refractivity contribution in [3.63, 3.8) is 0 Å². The lowest BCUT2D eigenvalue weighted by Gasteiger charge is -2.47. The van der Waals surface area contributed by atoms with Gasteiger partial charge in [0.15, 0.2) is 6.61 Å². The van der Waals surface area contributed by atoms with Crippen LogP contribution in [-0.2, 0) is 17.6 Å². The standard InChI is InChI=1S/C24H28ClNO5/c25-19-11-18-16-6-1-2-7-17(16)23(28)31-20(18)12-21(19)30-14-22(27)26-10-9-24(29)8-4-3-5-15(24)13-26/h11-12,15,29H,1-10,13-14H2/t15-,24-/m1/s1. The van der Waals surface area contributed by atoms with Gasteiger partial charge in [-0.25, -0.2) is 4.79 Å². The minimum Gasteiger partial charge on any atom is -0.482 e. The third kappa shape index (κ3) is 3.85. The second-order valence-electron chi connectivity index (χ2n) is 9.26. The Labute approximate surface area is 186 Å². The summed E-state index contributed by atoms with van der Waals surface area (Å²) in [6, 6.07) is 3.41. The summed E-state index contributed by atoms with van der Waals surface area (Å²) in [6.07, 6.45) is 8.20. The predicted molar refractivity (Wildman–Crippen MR) is 118 cm³/mol. The monoisotopic (exact) mass is 445 g/mol. The van der Waals surface area contributed by atoms with E-state index in [9.17, 15) is 14.7 Å². The summed E-state index contributed by atoms with van der Waals surface area (Å²) in [6.45, 7) is 0.984. The Bertz CT molecular complexity index is 1080.